The third-order valence-electron chi connectivity index (χ3n) is 2.91. The zero-order valence-corrected chi connectivity index (χ0v) is 12.9. The number of furan rings is 1. The first-order chi connectivity index (χ1) is 10.0. The fraction of sp³-hybridized carbons (Fsp3) is 0.357. The van der Waals surface area contributed by atoms with E-state index in [0.717, 1.165) is 6.54 Å². The van der Waals surface area contributed by atoms with E-state index in [2.05, 4.69) is 15.0 Å². The molecule has 0 radical (unpaired) electrons. The Morgan fingerprint density at radius 2 is 2.10 bits per heavy atom. The summed E-state index contributed by atoms with van der Waals surface area (Å²) in [5.41, 5.74) is 0.653. The molecule has 1 atom stereocenters. The number of pyridine rings is 1. The van der Waals surface area contributed by atoms with Crippen molar-refractivity contribution < 1.29 is 12.8 Å². The summed E-state index contributed by atoms with van der Waals surface area (Å²) >= 11 is 0. The molecule has 7 heteroatoms. The number of hydrogen-bond acceptors (Lipinski definition) is 5. The average molecular weight is 309 g/mol. The van der Waals surface area contributed by atoms with Crippen molar-refractivity contribution in [2.75, 3.05) is 6.54 Å². The van der Waals surface area contributed by atoms with Crippen molar-refractivity contribution in [2.45, 2.75) is 31.5 Å². The number of rotatable bonds is 7. The van der Waals surface area contributed by atoms with E-state index < -0.39 is 16.1 Å². The lowest BCUT2D eigenvalue weighted by atomic mass is 10.2. The quantitative estimate of drug-likeness (QED) is 0.815. The third-order valence-corrected chi connectivity index (χ3v) is 4.33. The SMILES string of the molecule is CCNCc1ccc(S(=O)(=O)NC(C)c2ccccn2)o1. The molecular weight excluding hydrogens is 290 g/mol. The number of aromatic nitrogens is 1. The van der Waals surface area contributed by atoms with Crippen LogP contribution in [0.5, 0.6) is 0 Å². The standard InChI is InChI=1S/C14H19N3O3S/c1-3-15-10-12-7-8-14(20-12)21(18,19)17-11(2)13-6-4-5-9-16-13/h4-9,11,15,17H,3,10H2,1-2H3. The van der Waals surface area contributed by atoms with Gasteiger partial charge in [-0.15, -0.1) is 0 Å². The molecule has 0 saturated heterocycles. The summed E-state index contributed by atoms with van der Waals surface area (Å²) in [4.78, 5) is 4.13. The van der Waals surface area contributed by atoms with E-state index in [9.17, 15) is 8.42 Å². The molecule has 6 nitrogen and oxygen atoms in total. The second-order valence-corrected chi connectivity index (χ2v) is 6.24. The highest BCUT2D eigenvalue weighted by molar-refractivity contribution is 7.89. The zero-order valence-electron chi connectivity index (χ0n) is 12.0. The lowest BCUT2D eigenvalue weighted by Crippen LogP contribution is -2.27. The van der Waals surface area contributed by atoms with Crippen LogP contribution >= 0.6 is 0 Å². The van der Waals surface area contributed by atoms with Crippen molar-refractivity contribution in [1.82, 2.24) is 15.0 Å². The van der Waals surface area contributed by atoms with Crippen LogP contribution in [0.4, 0.5) is 0 Å². The molecule has 0 aliphatic heterocycles. The van der Waals surface area contributed by atoms with Gasteiger partial charge in [-0.05, 0) is 37.7 Å². The molecular formula is C14H19N3O3S. The molecule has 0 saturated carbocycles. The third kappa shape index (κ3) is 4.13. The van der Waals surface area contributed by atoms with Gasteiger partial charge in [0.05, 0.1) is 18.3 Å². The van der Waals surface area contributed by atoms with Crippen LogP contribution in [0.2, 0.25) is 0 Å². The Bertz CT molecular complexity index is 668. The van der Waals surface area contributed by atoms with Crippen LogP contribution in [0.1, 0.15) is 31.3 Å². The Morgan fingerprint density at radius 3 is 2.76 bits per heavy atom. The first kappa shape index (κ1) is 15.7. The number of hydrogen-bond donors (Lipinski definition) is 2. The lowest BCUT2D eigenvalue weighted by Gasteiger charge is -2.12. The summed E-state index contributed by atoms with van der Waals surface area (Å²) in [6.45, 7) is 5.00. The molecule has 114 valence electrons. The largest absolute Gasteiger partial charge is 0.447 e. The van der Waals surface area contributed by atoms with Crippen molar-refractivity contribution in [3.8, 4) is 0 Å². The summed E-state index contributed by atoms with van der Waals surface area (Å²) < 4.78 is 32.4. The van der Waals surface area contributed by atoms with Crippen molar-refractivity contribution in [2.24, 2.45) is 0 Å². The summed E-state index contributed by atoms with van der Waals surface area (Å²) in [5.74, 6) is 0.586. The Morgan fingerprint density at radius 1 is 1.29 bits per heavy atom. The van der Waals surface area contributed by atoms with Gasteiger partial charge in [0.15, 0.2) is 0 Å². The topological polar surface area (TPSA) is 84.2 Å². The van der Waals surface area contributed by atoms with E-state index in [1.165, 1.54) is 6.07 Å². The highest BCUT2D eigenvalue weighted by Gasteiger charge is 2.22. The molecule has 2 rings (SSSR count). The summed E-state index contributed by atoms with van der Waals surface area (Å²) in [6, 6.07) is 8.05. The maximum absolute atomic E-state index is 12.2. The van der Waals surface area contributed by atoms with Crippen LogP contribution in [-0.2, 0) is 16.6 Å². The van der Waals surface area contributed by atoms with E-state index in [0.29, 0.717) is 18.0 Å². The van der Waals surface area contributed by atoms with Crippen molar-refractivity contribution in [3.05, 3.63) is 48.0 Å². The lowest BCUT2D eigenvalue weighted by molar-refractivity contribution is 0.399. The van der Waals surface area contributed by atoms with Crippen molar-refractivity contribution >= 4 is 10.0 Å². The molecule has 0 fully saturated rings. The Kier molecular flexibility index (Phi) is 5.11. The van der Waals surface area contributed by atoms with Crippen LogP contribution < -0.4 is 10.0 Å². The van der Waals surface area contributed by atoms with E-state index >= 15 is 0 Å². The van der Waals surface area contributed by atoms with E-state index in [-0.39, 0.29) is 5.09 Å². The smallest absolute Gasteiger partial charge is 0.274 e. The second-order valence-electron chi connectivity index (χ2n) is 4.60. The van der Waals surface area contributed by atoms with Crippen LogP contribution in [-0.4, -0.2) is 19.9 Å². The highest BCUT2D eigenvalue weighted by atomic mass is 32.2. The molecule has 0 bridgehead atoms. The summed E-state index contributed by atoms with van der Waals surface area (Å²) in [5, 5.41) is 2.99. The van der Waals surface area contributed by atoms with Crippen LogP contribution in [0.3, 0.4) is 0 Å². The van der Waals surface area contributed by atoms with Gasteiger partial charge in [0, 0.05) is 6.20 Å². The zero-order chi connectivity index (χ0) is 15.3. The Balaban J connectivity index is 2.09. The molecule has 2 heterocycles. The maximum Gasteiger partial charge on any atom is 0.274 e. The first-order valence-electron chi connectivity index (χ1n) is 6.75. The summed E-state index contributed by atoms with van der Waals surface area (Å²) in [6.07, 6.45) is 1.63. The first-order valence-corrected chi connectivity index (χ1v) is 8.24. The van der Waals surface area contributed by atoms with Gasteiger partial charge in [0.2, 0.25) is 5.09 Å². The monoisotopic (exact) mass is 309 g/mol. The second kappa shape index (κ2) is 6.84. The Hall–Kier alpha value is -1.70. The van der Waals surface area contributed by atoms with Gasteiger partial charge < -0.3 is 9.73 Å². The predicted octanol–water partition coefficient (Wildman–Crippen LogP) is 1.82. The fourth-order valence-electron chi connectivity index (χ4n) is 1.83. The predicted molar refractivity (Wildman–Crippen MR) is 79.1 cm³/mol. The minimum atomic E-state index is -3.70. The van der Waals surface area contributed by atoms with Crippen molar-refractivity contribution in [3.63, 3.8) is 0 Å². The highest BCUT2D eigenvalue weighted by Crippen LogP contribution is 2.17. The van der Waals surface area contributed by atoms with Gasteiger partial charge in [-0.3, -0.25) is 4.98 Å². The normalized spacial score (nSPS) is 13.2. The summed E-state index contributed by atoms with van der Waals surface area (Å²) in [7, 11) is -3.70. The van der Waals surface area contributed by atoms with Gasteiger partial charge in [0.1, 0.15) is 5.76 Å². The van der Waals surface area contributed by atoms with Gasteiger partial charge in [-0.25, -0.2) is 8.42 Å². The molecule has 0 aliphatic carbocycles. The number of nitrogens with one attached hydrogen (secondary N) is 2. The molecule has 0 aliphatic rings. The van der Waals surface area contributed by atoms with Crippen molar-refractivity contribution in [1.29, 1.82) is 0 Å². The van der Waals surface area contributed by atoms with Crippen LogP contribution in [0.15, 0.2) is 46.0 Å². The van der Waals surface area contributed by atoms with E-state index in [4.69, 9.17) is 4.42 Å². The number of sulfonamides is 1. The molecule has 1 unspecified atom stereocenters. The van der Waals surface area contributed by atoms with Crippen LogP contribution in [0, 0.1) is 0 Å². The maximum atomic E-state index is 12.2. The minimum absolute atomic E-state index is 0.0850. The molecule has 2 aromatic heterocycles. The average Bonchev–Trinajstić information content (AvgIpc) is 2.95. The molecule has 0 aromatic carbocycles. The Labute approximate surface area is 124 Å². The van der Waals surface area contributed by atoms with Crippen LogP contribution in [0.25, 0.3) is 0 Å². The molecule has 2 aromatic rings. The molecule has 21 heavy (non-hydrogen) atoms. The van der Waals surface area contributed by atoms with Gasteiger partial charge in [-0.1, -0.05) is 13.0 Å². The van der Waals surface area contributed by atoms with E-state index in [1.54, 1.807) is 31.3 Å². The molecule has 2 N–H and O–H groups in total. The fourth-order valence-corrected chi connectivity index (χ4v) is 3.00. The molecule has 0 spiro atoms. The molecule has 0 amide bonds. The van der Waals surface area contributed by atoms with Gasteiger partial charge >= 0.3 is 0 Å². The van der Waals surface area contributed by atoms with E-state index in [1.807, 2.05) is 13.0 Å². The number of nitrogens with zero attached hydrogens (tertiary/aromatic N) is 1. The van der Waals surface area contributed by atoms with Gasteiger partial charge in [-0.2, -0.15) is 4.72 Å². The van der Waals surface area contributed by atoms with Gasteiger partial charge in [0.25, 0.3) is 10.0 Å². The minimum Gasteiger partial charge on any atom is -0.447 e.